The third kappa shape index (κ3) is 2.42. The van der Waals surface area contributed by atoms with Crippen molar-refractivity contribution in [2.24, 2.45) is 0 Å². The number of para-hydroxylation sites is 1. The molecule has 0 radical (unpaired) electrons. The highest BCUT2D eigenvalue weighted by Gasteiger charge is 2.26. The average molecular weight is 289 g/mol. The van der Waals surface area contributed by atoms with Crippen LogP contribution in [0, 0.1) is 0 Å². The molecule has 1 atom stereocenters. The van der Waals surface area contributed by atoms with Gasteiger partial charge in [0.05, 0.1) is 16.4 Å². The number of hydrogen-bond donors (Lipinski definition) is 3. The Bertz CT molecular complexity index is 655. The number of aromatic hydroxyl groups is 1. The van der Waals surface area contributed by atoms with Crippen molar-refractivity contribution < 1.29 is 9.90 Å². The first-order chi connectivity index (χ1) is 9.63. The van der Waals surface area contributed by atoms with Crippen LogP contribution >= 0.6 is 11.6 Å². The number of phenolic OH excluding ortho intramolecular Hbond substituents is 1. The molecule has 1 amide bonds. The lowest BCUT2D eigenvalue weighted by molar-refractivity contribution is -0.117. The minimum atomic E-state index is -0.382. The summed E-state index contributed by atoms with van der Waals surface area (Å²) in [5.74, 6) is 0.121. The highest BCUT2D eigenvalue weighted by molar-refractivity contribution is 6.34. The molecule has 3 N–H and O–H groups in total. The molecule has 1 heterocycles. The summed E-state index contributed by atoms with van der Waals surface area (Å²) in [4.78, 5) is 12.1. The van der Waals surface area contributed by atoms with Gasteiger partial charge in [-0.2, -0.15) is 0 Å². The normalized spacial score (nSPS) is 17.1. The van der Waals surface area contributed by atoms with Gasteiger partial charge in [-0.25, -0.2) is 0 Å². The number of phenols is 1. The van der Waals surface area contributed by atoms with Gasteiger partial charge in [0.2, 0.25) is 5.91 Å². The maximum Gasteiger partial charge on any atom is 0.247 e. The van der Waals surface area contributed by atoms with Crippen LogP contribution in [-0.2, 0) is 11.2 Å². The SMILES string of the molecule is O=C1Nc2cccc(Cl)c2NC1Cc1ccc(O)cc1. The molecule has 0 spiro atoms. The van der Waals surface area contributed by atoms with Crippen molar-refractivity contribution in [3.8, 4) is 5.75 Å². The third-order valence-corrected chi connectivity index (χ3v) is 3.60. The van der Waals surface area contributed by atoms with E-state index in [2.05, 4.69) is 10.6 Å². The van der Waals surface area contributed by atoms with E-state index in [4.69, 9.17) is 11.6 Å². The van der Waals surface area contributed by atoms with Gasteiger partial charge in [0, 0.05) is 6.42 Å². The number of amides is 1. The topological polar surface area (TPSA) is 61.4 Å². The van der Waals surface area contributed by atoms with E-state index in [-0.39, 0.29) is 17.7 Å². The Hall–Kier alpha value is -2.20. The first kappa shape index (κ1) is 12.8. The number of carbonyl (C=O) groups excluding carboxylic acids is 1. The molecule has 0 fully saturated rings. The molecular weight excluding hydrogens is 276 g/mol. The van der Waals surface area contributed by atoms with Crippen molar-refractivity contribution in [2.45, 2.75) is 12.5 Å². The van der Waals surface area contributed by atoms with Crippen LogP contribution in [0.3, 0.4) is 0 Å². The molecule has 20 heavy (non-hydrogen) atoms. The Morgan fingerprint density at radius 1 is 1.15 bits per heavy atom. The van der Waals surface area contributed by atoms with Crippen molar-refractivity contribution in [1.82, 2.24) is 0 Å². The van der Waals surface area contributed by atoms with Gasteiger partial charge < -0.3 is 15.7 Å². The predicted octanol–water partition coefficient (Wildman–Crippen LogP) is 3.02. The first-order valence-corrected chi connectivity index (χ1v) is 6.65. The van der Waals surface area contributed by atoms with Gasteiger partial charge in [0.15, 0.2) is 0 Å². The summed E-state index contributed by atoms with van der Waals surface area (Å²) < 4.78 is 0. The van der Waals surface area contributed by atoms with Gasteiger partial charge in [-0.1, -0.05) is 29.8 Å². The van der Waals surface area contributed by atoms with Crippen molar-refractivity contribution in [3.05, 3.63) is 53.1 Å². The molecule has 1 aliphatic heterocycles. The summed E-state index contributed by atoms with van der Waals surface area (Å²) in [6.07, 6.45) is 0.525. The van der Waals surface area contributed by atoms with E-state index in [1.807, 2.05) is 6.07 Å². The molecule has 5 heteroatoms. The number of anilines is 2. The van der Waals surface area contributed by atoms with Crippen LogP contribution in [0.2, 0.25) is 5.02 Å². The number of nitrogens with one attached hydrogen (secondary N) is 2. The predicted molar refractivity (Wildman–Crippen MR) is 79.3 cm³/mol. The Labute approximate surface area is 121 Å². The van der Waals surface area contributed by atoms with E-state index in [1.165, 1.54) is 0 Å². The van der Waals surface area contributed by atoms with Crippen LogP contribution in [0.5, 0.6) is 5.75 Å². The molecule has 0 aromatic heterocycles. The summed E-state index contributed by atoms with van der Waals surface area (Å²) >= 11 is 6.13. The van der Waals surface area contributed by atoms with E-state index < -0.39 is 0 Å². The highest BCUT2D eigenvalue weighted by Crippen LogP contribution is 2.34. The van der Waals surface area contributed by atoms with Crippen LogP contribution < -0.4 is 10.6 Å². The maximum absolute atomic E-state index is 12.1. The zero-order valence-corrected chi connectivity index (χ0v) is 11.3. The number of hydrogen-bond acceptors (Lipinski definition) is 3. The smallest absolute Gasteiger partial charge is 0.247 e. The minimum absolute atomic E-state index is 0.0900. The van der Waals surface area contributed by atoms with Crippen molar-refractivity contribution >= 4 is 28.9 Å². The third-order valence-electron chi connectivity index (χ3n) is 3.28. The Kier molecular flexibility index (Phi) is 3.24. The second-order valence-corrected chi connectivity index (χ2v) is 5.13. The number of rotatable bonds is 2. The van der Waals surface area contributed by atoms with Crippen LogP contribution in [0.1, 0.15) is 5.56 Å². The maximum atomic E-state index is 12.1. The van der Waals surface area contributed by atoms with E-state index in [1.54, 1.807) is 36.4 Å². The standard InChI is InChI=1S/C15H13ClN2O2/c16-11-2-1-3-12-14(11)17-13(15(20)18-12)8-9-4-6-10(19)7-5-9/h1-7,13,17,19H,8H2,(H,18,20). The molecule has 1 unspecified atom stereocenters. The molecule has 0 aliphatic carbocycles. The summed E-state index contributed by atoms with van der Waals surface area (Å²) in [7, 11) is 0. The second kappa shape index (κ2) is 5.06. The van der Waals surface area contributed by atoms with Gasteiger partial charge in [0.25, 0.3) is 0 Å². The molecule has 102 valence electrons. The molecule has 2 aromatic rings. The number of carbonyl (C=O) groups is 1. The quantitative estimate of drug-likeness (QED) is 0.796. The van der Waals surface area contributed by atoms with Gasteiger partial charge in [-0.3, -0.25) is 4.79 Å². The van der Waals surface area contributed by atoms with Gasteiger partial charge in [-0.05, 0) is 29.8 Å². The molecule has 1 aliphatic rings. The Morgan fingerprint density at radius 3 is 2.65 bits per heavy atom. The lowest BCUT2D eigenvalue weighted by Gasteiger charge is -2.27. The van der Waals surface area contributed by atoms with Crippen LogP contribution in [0.25, 0.3) is 0 Å². The summed E-state index contributed by atoms with van der Waals surface area (Å²) in [6.45, 7) is 0. The molecular formula is C15H13ClN2O2. The molecule has 4 nitrogen and oxygen atoms in total. The number of fused-ring (bicyclic) bond motifs is 1. The van der Waals surface area contributed by atoms with E-state index >= 15 is 0 Å². The fraction of sp³-hybridized carbons (Fsp3) is 0.133. The highest BCUT2D eigenvalue weighted by atomic mass is 35.5. The lowest BCUT2D eigenvalue weighted by Crippen LogP contribution is -2.40. The van der Waals surface area contributed by atoms with Crippen molar-refractivity contribution in [3.63, 3.8) is 0 Å². The molecule has 2 aromatic carbocycles. The molecule has 3 rings (SSSR count). The van der Waals surface area contributed by atoms with Crippen molar-refractivity contribution in [2.75, 3.05) is 10.6 Å². The zero-order chi connectivity index (χ0) is 14.1. The van der Waals surface area contributed by atoms with Crippen LogP contribution in [0.4, 0.5) is 11.4 Å². The summed E-state index contributed by atoms with van der Waals surface area (Å²) in [5, 5.41) is 15.9. The summed E-state index contributed by atoms with van der Waals surface area (Å²) in [5.41, 5.74) is 2.41. The van der Waals surface area contributed by atoms with Crippen molar-refractivity contribution in [1.29, 1.82) is 0 Å². The Morgan fingerprint density at radius 2 is 1.90 bits per heavy atom. The van der Waals surface area contributed by atoms with Gasteiger partial charge >= 0.3 is 0 Å². The van der Waals surface area contributed by atoms with E-state index in [0.717, 1.165) is 11.3 Å². The fourth-order valence-corrected chi connectivity index (χ4v) is 2.48. The second-order valence-electron chi connectivity index (χ2n) is 4.72. The average Bonchev–Trinajstić information content (AvgIpc) is 2.43. The van der Waals surface area contributed by atoms with Gasteiger partial charge in [0.1, 0.15) is 11.8 Å². The van der Waals surface area contributed by atoms with Crippen LogP contribution in [-0.4, -0.2) is 17.1 Å². The van der Waals surface area contributed by atoms with Gasteiger partial charge in [-0.15, -0.1) is 0 Å². The lowest BCUT2D eigenvalue weighted by atomic mass is 10.0. The molecule has 0 saturated heterocycles. The molecule has 0 saturated carbocycles. The molecule has 0 bridgehead atoms. The van der Waals surface area contributed by atoms with E-state index in [9.17, 15) is 9.90 Å². The van der Waals surface area contributed by atoms with E-state index in [0.29, 0.717) is 17.1 Å². The minimum Gasteiger partial charge on any atom is -0.508 e. The Balaban J connectivity index is 1.83. The number of benzene rings is 2. The summed E-state index contributed by atoms with van der Waals surface area (Å²) in [6, 6.07) is 11.8. The first-order valence-electron chi connectivity index (χ1n) is 6.27. The number of halogens is 1. The monoisotopic (exact) mass is 288 g/mol. The van der Waals surface area contributed by atoms with Crippen LogP contribution in [0.15, 0.2) is 42.5 Å². The fourth-order valence-electron chi connectivity index (χ4n) is 2.25. The zero-order valence-electron chi connectivity index (χ0n) is 10.6. The largest absolute Gasteiger partial charge is 0.508 e.